The zero-order valence-electron chi connectivity index (χ0n) is 23.8. The van der Waals surface area contributed by atoms with E-state index in [1.807, 2.05) is 60.8 Å². The van der Waals surface area contributed by atoms with Crippen LogP contribution in [-0.2, 0) is 29.5 Å². The number of rotatable bonds is 10. The second kappa shape index (κ2) is 14.7. The van der Waals surface area contributed by atoms with E-state index in [1.165, 1.54) is 11.1 Å². The molecule has 2 aliphatic carbocycles. The van der Waals surface area contributed by atoms with Crippen molar-refractivity contribution in [2.45, 2.75) is 69.5 Å². The summed E-state index contributed by atoms with van der Waals surface area (Å²) >= 11 is 7.76. The van der Waals surface area contributed by atoms with Crippen LogP contribution in [-0.4, -0.2) is 28.7 Å². The summed E-state index contributed by atoms with van der Waals surface area (Å²) < 4.78 is 11.3. The molecule has 0 saturated carbocycles. The molecule has 1 aromatic heterocycles. The van der Waals surface area contributed by atoms with Crippen LogP contribution in [0.15, 0.2) is 83.6 Å². The minimum atomic E-state index is -0.277. The van der Waals surface area contributed by atoms with Crippen molar-refractivity contribution in [3.05, 3.63) is 101 Å². The molecule has 0 saturated heterocycles. The summed E-state index contributed by atoms with van der Waals surface area (Å²) in [5, 5.41) is 0.725. The van der Waals surface area contributed by atoms with Gasteiger partial charge in [0.05, 0.1) is 19.1 Å². The molecule has 3 aromatic rings. The molecule has 212 valence electrons. The molecule has 2 atom stereocenters. The summed E-state index contributed by atoms with van der Waals surface area (Å²) in [6.07, 6.45) is 14.1. The normalized spacial score (nSPS) is 16.5. The van der Waals surface area contributed by atoms with Gasteiger partial charge < -0.3 is 14.2 Å². The van der Waals surface area contributed by atoms with E-state index in [4.69, 9.17) is 16.3 Å². The molecule has 1 heterocycles. The number of aryl methyl sites for hydroxylation is 2. The van der Waals surface area contributed by atoms with Crippen molar-refractivity contribution in [2.75, 3.05) is 12.0 Å². The molecule has 2 aromatic carbocycles. The average Bonchev–Trinajstić information content (AvgIpc) is 3.59. The van der Waals surface area contributed by atoms with Crippen molar-refractivity contribution in [1.82, 2.24) is 14.3 Å². The number of imidazole rings is 1. The van der Waals surface area contributed by atoms with Crippen LogP contribution in [0.5, 0.6) is 0 Å². The molecule has 40 heavy (non-hydrogen) atoms. The topological polar surface area (TPSA) is 59.4 Å². The highest BCUT2D eigenvalue weighted by atomic mass is 35.5. The highest BCUT2D eigenvalue weighted by Crippen LogP contribution is 2.37. The summed E-state index contributed by atoms with van der Waals surface area (Å²) in [4.78, 5) is 21.3. The number of benzene rings is 2. The van der Waals surface area contributed by atoms with E-state index in [2.05, 4.69) is 46.1 Å². The molecule has 6 nitrogen and oxygen atoms in total. The van der Waals surface area contributed by atoms with Gasteiger partial charge in [-0.15, -0.1) is 0 Å². The SMILES string of the molecule is CC.CO[C@@H](CC(=O)N(Cc1nccn1C)c1ccc2c(c1)[C@H](NSc1cccc(Cl)c1)CC2)C1=CCCC=C1. The highest BCUT2D eigenvalue weighted by Gasteiger charge is 2.27. The van der Waals surface area contributed by atoms with Crippen LogP contribution in [0.3, 0.4) is 0 Å². The molecular weight excluding hydrogens is 540 g/mol. The Balaban J connectivity index is 0.00000181. The third-order valence-electron chi connectivity index (χ3n) is 7.20. The third kappa shape index (κ3) is 7.46. The average molecular weight is 579 g/mol. The fourth-order valence-corrected chi connectivity index (χ4v) is 6.15. The van der Waals surface area contributed by atoms with Crippen LogP contribution in [0.1, 0.15) is 62.5 Å². The van der Waals surface area contributed by atoms with Crippen molar-refractivity contribution in [2.24, 2.45) is 7.05 Å². The molecule has 0 bridgehead atoms. The van der Waals surface area contributed by atoms with E-state index in [1.54, 1.807) is 25.3 Å². The number of methoxy groups -OCH3 is 1. The van der Waals surface area contributed by atoms with Gasteiger partial charge in [0.25, 0.3) is 0 Å². The predicted octanol–water partition coefficient (Wildman–Crippen LogP) is 7.60. The van der Waals surface area contributed by atoms with Gasteiger partial charge in [0, 0.05) is 48.2 Å². The lowest BCUT2D eigenvalue weighted by Gasteiger charge is -2.27. The van der Waals surface area contributed by atoms with Gasteiger partial charge in [-0.25, -0.2) is 4.98 Å². The smallest absolute Gasteiger partial charge is 0.230 e. The lowest BCUT2D eigenvalue weighted by Crippen LogP contribution is -2.35. The Morgan fingerprint density at radius 3 is 2.80 bits per heavy atom. The first-order chi connectivity index (χ1) is 19.5. The van der Waals surface area contributed by atoms with Gasteiger partial charge in [0.2, 0.25) is 5.91 Å². The largest absolute Gasteiger partial charge is 0.376 e. The molecular formula is C32H39ClN4O2S. The summed E-state index contributed by atoms with van der Waals surface area (Å²) in [5.74, 6) is 0.839. The zero-order chi connectivity index (χ0) is 28.5. The van der Waals surface area contributed by atoms with E-state index in [9.17, 15) is 4.79 Å². The van der Waals surface area contributed by atoms with Crippen LogP contribution in [0.4, 0.5) is 5.69 Å². The summed E-state index contributed by atoms with van der Waals surface area (Å²) in [5.41, 5.74) is 4.49. The number of nitrogens with zero attached hydrogens (tertiary/aromatic N) is 3. The monoisotopic (exact) mass is 578 g/mol. The first kappa shape index (κ1) is 30.1. The molecule has 8 heteroatoms. The molecule has 1 amide bonds. The number of hydrogen-bond donors (Lipinski definition) is 1. The van der Waals surface area contributed by atoms with Crippen molar-refractivity contribution in [3.8, 4) is 0 Å². The Labute approximate surface area is 247 Å². The number of hydrogen-bond acceptors (Lipinski definition) is 5. The van der Waals surface area contributed by atoms with Gasteiger partial charge in [-0.05, 0) is 84.7 Å². The number of allylic oxidation sites excluding steroid dienone is 2. The van der Waals surface area contributed by atoms with E-state index in [-0.39, 0.29) is 24.5 Å². The number of amides is 1. The lowest BCUT2D eigenvalue weighted by atomic mass is 9.99. The molecule has 0 fully saturated rings. The van der Waals surface area contributed by atoms with E-state index in [0.717, 1.165) is 52.7 Å². The first-order valence-corrected chi connectivity index (χ1v) is 15.2. The number of fused-ring (bicyclic) bond motifs is 1. The quantitative estimate of drug-likeness (QED) is 0.251. The second-order valence-corrected chi connectivity index (χ2v) is 11.0. The van der Waals surface area contributed by atoms with Crippen LogP contribution in [0.25, 0.3) is 0 Å². The molecule has 0 spiro atoms. The minimum absolute atomic E-state index is 0.00971. The maximum absolute atomic E-state index is 13.8. The molecule has 5 rings (SSSR count). The Kier molecular flexibility index (Phi) is 11.1. The zero-order valence-corrected chi connectivity index (χ0v) is 25.3. The number of carbonyl (C=O) groups excluding carboxylic acids is 1. The maximum Gasteiger partial charge on any atom is 0.230 e. The van der Waals surface area contributed by atoms with Crippen LogP contribution in [0.2, 0.25) is 5.02 Å². The molecule has 0 radical (unpaired) electrons. The Morgan fingerprint density at radius 2 is 2.10 bits per heavy atom. The highest BCUT2D eigenvalue weighted by molar-refractivity contribution is 7.97. The van der Waals surface area contributed by atoms with E-state index in [0.29, 0.717) is 6.54 Å². The van der Waals surface area contributed by atoms with E-state index >= 15 is 0 Å². The van der Waals surface area contributed by atoms with Crippen molar-refractivity contribution >= 4 is 35.1 Å². The molecule has 0 aliphatic heterocycles. The number of carbonyl (C=O) groups is 1. The van der Waals surface area contributed by atoms with Crippen molar-refractivity contribution < 1.29 is 9.53 Å². The Hall–Kier alpha value is -2.84. The standard InChI is InChI=1S/C30H33ClN4O2S.C2H6/c1-34-16-15-32-29(34)20-35(30(36)19-28(37-2)22-7-4-3-5-8-22)24-13-11-21-12-14-27(26(21)18-24)33-38-25-10-6-9-23(31)17-25;1-2/h4,6-11,13,15-18,27-28,33H,3,5,12,14,19-20H2,1-2H3;1-2H3/t27-,28+;/m1./s1. The number of ether oxygens (including phenoxy) is 1. The lowest BCUT2D eigenvalue weighted by molar-refractivity contribution is -0.120. The number of anilines is 1. The Bertz CT molecular complexity index is 1350. The van der Waals surface area contributed by atoms with Crippen LogP contribution < -0.4 is 9.62 Å². The van der Waals surface area contributed by atoms with Crippen LogP contribution >= 0.6 is 23.5 Å². The molecule has 1 N–H and O–H groups in total. The maximum atomic E-state index is 13.8. The summed E-state index contributed by atoms with van der Waals surface area (Å²) in [7, 11) is 3.63. The summed E-state index contributed by atoms with van der Waals surface area (Å²) in [6, 6.07) is 14.4. The third-order valence-corrected chi connectivity index (χ3v) is 8.32. The summed E-state index contributed by atoms with van der Waals surface area (Å²) in [6.45, 7) is 4.39. The molecule has 2 aliphatic rings. The van der Waals surface area contributed by atoms with Gasteiger partial charge in [-0.2, -0.15) is 0 Å². The van der Waals surface area contributed by atoms with Gasteiger partial charge in [0.15, 0.2) is 0 Å². The fourth-order valence-electron chi connectivity index (χ4n) is 5.04. The molecule has 0 unspecified atom stereocenters. The van der Waals surface area contributed by atoms with Crippen molar-refractivity contribution in [3.63, 3.8) is 0 Å². The van der Waals surface area contributed by atoms with Gasteiger partial charge >= 0.3 is 0 Å². The number of aromatic nitrogens is 2. The Morgan fingerprint density at radius 1 is 1.25 bits per heavy atom. The van der Waals surface area contributed by atoms with Gasteiger partial charge in [-0.1, -0.05) is 55.8 Å². The number of halogens is 1. The fraction of sp³-hybridized carbons (Fsp3) is 0.375. The van der Waals surface area contributed by atoms with Gasteiger partial charge in [0.1, 0.15) is 5.82 Å². The van der Waals surface area contributed by atoms with Gasteiger partial charge in [-0.3, -0.25) is 9.52 Å². The minimum Gasteiger partial charge on any atom is -0.376 e. The second-order valence-electron chi connectivity index (χ2n) is 9.70. The predicted molar refractivity (Wildman–Crippen MR) is 166 cm³/mol. The first-order valence-electron chi connectivity index (χ1n) is 14.0. The van der Waals surface area contributed by atoms with Crippen molar-refractivity contribution in [1.29, 1.82) is 0 Å². The van der Waals surface area contributed by atoms with Crippen LogP contribution in [0, 0.1) is 0 Å². The van der Waals surface area contributed by atoms with E-state index < -0.39 is 0 Å². The number of nitrogens with one attached hydrogen (secondary N) is 1.